The van der Waals surface area contributed by atoms with Gasteiger partial charge in [-0.25, -0.2) is 8.42 Å². The van der Waals surface area contributed by atoms with Crippen LogP contribution in [-0.2, 0) is 15.6 Å². The number of amides is 2. The Bertz CT molecular complexity index is 1400. The molecule has 4 rings (SSSR count). The van der Waals surface area contributed by atoms with E-state index in [-0.39, 0.29) is 22.5 Å². The lowest BCUT2D eigenvalue weighted by Crippen LogP contribution is -2.16. The van der Waals surface area contributed by atoms with Gasteiger partial charge in [0.15, 0.2) is 9.84 Å². The van der Waals surface area contributed by atoms with E-state index in [1.165, 1.54) is 0 Å². The topological polar surface area (TPSA) is 92.3 Å². The fourth-order valence-corrected chi connectivity index (χ4v) is 4.73. The van der Waals surface area contributed by atoms with Gasteiger partial charge in [-0.2, -0.15) is 0 Å². The highest BCUT2D eigenvalue weighted by Gasteiger charge is 2.16. The number of hydrogen-bond acceptors (Lipinski definition) is 4. The number of sulfone groups is 1. The summed E-state index contributed by atoms with van der Waals surface area (Å²) >= 11 is 0. The summed E-state index contributed by atoms with van der Waals surface area (Å²) in [6, 6.07) is 30.4. The average Bonchev–Trinajstić information content (AvgIpc) is 2.86. The van der Waals surface area contributed by atoms with Gasteiger partial charge in [-0.3, -0.25) is 9.59 Å². The Balaban J connectivity index is 1.45. The molecule has 6 nitrogen and oxygen atoms in total. The molecule has 34 heavy (non-hydrogen) atoms. The molecular formula is C27H22N2O4S. The molecule has 0 aromatic heterocycles. The van der Waals surface area contributed by atoms with Crippen LogP contribution in [0, 0.1) is 0 Å². The maximum absolute atomic E-state index is 12.8. The molecule has 0 aliphatic carbocycles. The first kappa shape index (κ1) is 22.9. The summed E-state index contributed by atoms with van der Waals surface area (Å²) in [6.45, 7) is 0. The first-order chi connectivity index (χ1) is 16.4. The fourth-order valence-electron chi connectivity index (χ4n) is 3.36. The first-order valence-electron chi connectivity index (χ1n) is 10.6. The highest BCUT2D eigenvalue weighted by molar-refractivity contribution is 7.90. The molecular weight excluding hydrogens is 448 g/mol. The fraction of sp³-hybridized carbons (Fsp3) is 0.0370. The standard InChI is InChI=1S/C27H22N2O4S/c30-26(21-9-3-1-4-10-21)28-24-13-7-8-14-25(24)29-27(31)22-17-15-20(16-18-22)19-34(32,33)23-11-5-2-6-12-23/h1-18H,19H2,(H,28,30)(H,29,31). The molecule has 170 valence electrons. The summed E-state index contributed by atoms with van der Waals surface area (Å²) in [7, 11) is -3.48. The number of anilines is 2. The minimum atomic E-state index is -3.48. The lowest BCUT2D eigenvalue weighted by Gasteiger charge is -2.13. The highest BCUT2D eigenvalue weighted by atomic mass is 32.2. The minimum Gasteiger partial charge on any atom is -0.320 e. The third kappa shape index (κ3) is 5.57. The molecule has 0 fully saturated rings. The average molecular weight is 471 g/mol. The van der Waals surface area contributed by atoms with Crippen molar-refractivity contribution >= 4 is 33.0 Å². The van der Waals surface area contributed by atoms with Gasteiger partial charge in [0.25, 0.3) is 11.8 Å². The van der Waals surface area contributed by atoms with Crippen LogP contribution in [0.2, 0.25) is 0 Å². The predicted octanol–water partition coefficient (Wildman–Crippen LogP) is 5.17. The number of benzene rings is 4. The Morgan fingerprint density at radius 1 is 0.559 bits per heavy atom. The quantitative estimate of drug-likeness (QED) is 0.390. The maximum Gasteiger partial charge on any atom is 0.255 e. The monoisotopic (exact) mass is 470 g/mol. The van der Waals surface area contributed by atoms with E-state index < -0.39 is 9.84 Å². The third-order valence-corrected chi connectivity index (χ3v) is 6.84. The van der Waals surface area contributed by atoms with Crippen molar-refractivity contribution in [1.82, 2.24) is 0 Å². The Morgan fingerprint density at radius 3 is 1.53 bits per heavy atom. The highest BCUT2D eigenvalue weighted by Crippen LogP contribution is 2.23. The van der Waals surface area contributed by atoms with Gasteiger partial charge in [0.2, 0.25) is 0 Å². The molecule has 0 heterocycles. The van der Waals surface area contributed by atoms with Crippen LogP contribution in [0.5, 0.6) is 0 Å². The van der Waals surface area contributed by atoms with Gasteiger partial charge in [-0.15, -0.1) is 0 Å². The number of carbonyl (C=O) groups is 2. The predicted molar refractivity (Wildman–Crippen MR) is 133 cm³/mol. The molecule has 0 bridgehead atoms. The second-order valence-electron chi connectivity index (χ2n) is 7.59. The SMILES string of the molecule is O=C(Nc1ccccc1NC(=O)c1ccc(CS(=O)(=O)c2ccccc2)cc1)c1ccccc1. The van der Waals surface area contributed by atoms with Gasteiger partial charge in [0, 0.05) is 11.1 Å². The van der Waals surface area contributed by atoms with Crippen molar-refractivity contribution in [2.45, 2.75) is 10.6 Å². The van der Waals surface area contributed by atoms with Gasteiger partial charge in [-0.05, 0) is 54.1 Å². The lowest BCUT2D eigenvalue weighted by molar-refractivity contribution is 0.101. The van der Waals surface area contributed by atoms with E-state index in [1.54, 1.807) is 103 Å². The minimum absolute atomic E-state index is 0.159. The Kier molecular flexibility index (Phi) is 6.85. The van der Waals surface area contributed by atoms with E-state index in [4.69, 9.17) is 0 Å². The molecule has 0 saturated heterocycles. The second-order valence-corrected chi connectivity index (χ2v) is 9.58. The molecule has 4 aromatic rings. The van der Waals surface area contributed by atoms with Crippen LogP contribution in [-0.4, -0.2) is 20.2 Å². The molecule has 0 aliphatic rings. The summed E-state index contributed by atoms with van der Waals surface area (Å²) in [5.74, 6) is -0.821. The molecule has 0 aliphatic heterocycles. The van der Waals surface area contributed by atoms with Crippen LogP contribution >= 0.6 is 0 Å². The summed E-state index contributed by atoms with van der Waals surface area (Å²) < 4.78 is 25.2. The van der Waals surface area contributed by atoms with Gasteiger partial charge in [0.05, 0.1) is 22.0 Å². The van der Waals surface area contributed by atoms with E-state index in [9.17, 15) is 18.0 Å². The van der Waals surface area contributed by atoms with Crippen molar-refractivity contribution in [1.29, 1.82) is 0 Å². The maximum atomic E-state index is 12.8. The van der Waals surface area contributed by atoms with Crippen LogP contribution in [0.15, 0.2) is 114 Å². The molecule has 0 saturated carbocycles. The summed E-state index contributed by atoms with van der Waals surface area (Å²) in [5.41, 5.74) is 2.37. The summed E-state index contributed by atoms with van der Waals surface area (Å²) in [4.78, 5) is 25.6. The van der Waals surface area contributed by atoms with Crippen LogP contribution < -0.4 is 10.6 Å². The van der Waals surface area contributed by atoms with Gasteiger partial charge < -0.3 is 10.6 Å². The zero-order chi connectivity index (χ0) is 24.0. The van der Waals surface area contributed by atoms with Crippen molar-refractivity contribution < 1.29 is 18.0 Å². The number of para-hydroxylation sites is 2. The normalized spacial score (nSPS) is 10.9. The Labute approximate surface area is 198 Å². The zero-order valence-corrected chi connectivity index (χ0v) is 19.0. The summed E-state index contributed by atoms with van der Waals surface area (Å²) in [6.07, 6.45) is 0. The molecule has 7 heteroatoms. The van der Waals surface area contributed by atoms with Crippen LogP contribution in [0.1, 0.15) is 26.3 Å². The number of carbonyl (C=O) groups excluding carboxylic acids is 2. The third-order valence-electron chi connectivity index (χ3n) is 5.13. The van der Waals surface area contributed by atoms with Crippen LogP contribution in [0.4, 0.5) is 11.4 Å². The molecule has 0 spiro atoms. The molecule has 0 unspecified atom stereocenters. The van der Waals surface area contributed by atoms with Gasteiger partial charge >= 0.3 is 0 Å². The Morgan fingerprint density at radius 2 is 1.00 bits per heavy atom. The van der Waals surface area contributed by atoms with Crippen molar-refractivity contribution in [2.75, 3.05) is 10.6 Å². The largest absolute Gasteiger partial charge is 0.320 e. The van der Waals surface area contributed by atoms with E-state index in [0.717, 1.165) is 0 Å². The van der Waals surface area contributed by atoms with E-state index in [2.05, 4.69) is 10.6 Å². The molecule has 2 amide bonds. The molecule has 0 atom stereocenters. The number of rotatable bonds is 7. The lowest BCUT2D eigenvalue weighted by atomic mass is 10.1. The van der Waals surface area contributed by atoms with Gasteiger partial charge in [0.1, 0.15) is 0 Å². The smallest absolute Gasteiger partial charge is 0.255 e. The van der Waals surface area contributed by atoms with Crippen molar-refractivity contribution in [3.8, 4) is 0 Å². The number of nitrogens with one attached hydrogen (secondary N) is 2. The van der Waals surface area contributed by atoms with Crippen LogP contribution in [0.3, 0.4) is 0 Å². The molecule has 4 aromatic carbocycles. The summed E-state index contributed by atoms with van der Waals surface area (Å²) in [5, 5.41) is 5.62. The van der Waals surface area contributed by atoms with E-state index in [0.29, 0.717) is 28.1 Å². The molecule has 2 N–H and O–H groups in total. The first-order valence-corrected chi connectivity index (χ1v) is 12.2. The molecule has 0 radical (unpaired) electrons. The van der Waals surface area contributed by atoms with Gasteiger partial charge in [-0.1, -0.05) is 60.7 Å². The zero-order valence-electron chi connectivity index (χ0n) is 18.1. The van der Waals surface area contributed by atoms with E-state index >= 15 is 0 Å². The Hall–Kier alpha value is -4.23. The van der Waals surface area contributed by atoms with Crippen molar-refractivity contribution in [3.05, 3.63) is 126 Å². The van der Waals surface area contributed by atoms with Crippen molar-refractivity contribution in [2.24, 2.45) is 0 Å². The second kappa shape index (κ2) is 10.1. The van der Waals surface area contributed by atoms with Crippen LogP contribution in [0.25, 0.3) is 0 Å². The number of hydrogen-bond donors (Lipinski definition) is 2. The van der Waals surface area contributed by atoms with E-state index in [1.807, 2.05) is 6.07 Å². The van der Waals surface area contributed by atoms with Crippen molar-refractivity contribution in [3.63, 3.8) is 0 Å².